The van der Waals surface area contributed by atoms with Crippen LogP contribution in [0, 0.1) is 0 Å². The van der Waals surface area contributed by atoms with Gasteiger partial charge in [0, 0.05) is 17.8 Å². The Morgan fingerprint density at radius 3 is 2.88 bits per heavy atom. The maximum atomic E-state index is 12.9. The summed E-state index contributed by atoms with van der Waals surface area (Å²) in [6, 6.07) is 13.4. The molecule has 1 aliphatic carbocycles. The van der Waals surface area contributed by atoms with E-state index in [1.54, 1.807) is 0 Å². The van der Waals surface area contributed by atoms with E-state index in [4.69, 9.17) is 5.73 Å². The first kappa shape index (κ1) is 15.7. The van der Waals surface area contributed by atoms with Crippen molar-refractivity contribution in [3.8, 4) is 0 Å². The normalized spacial score (nSPS) is 21.7. The highest BCUT2D eigenvalue weighted by atomic mass is 16.2. The first-order valence-corrected chi connectivity index (χ1v) is 8.69. The largest absolute Gasteiger partial charge is 0.399 e. The topological polar surface area (TPSA) is 84.2 Å². The van der Waals surface area contributed by atoms with Crippen LogP contribution in [0.4, 0.5) is 11.4 Å². The third-order valence-corrected chi connectivity index (χ3v) is 5.11. The van der Waals surface area contributed by atoms with Crippen molar-refractivity contribution in [2.75, 3.05) is 11.1 Å². The van der Waals surface area contributed by atoms with Gasteiger partial charge in [0.25, 0.3) is 0 Å². The molecule has 0 fully saturated rings. The van der Waals surface area contributed by atoms with Gasteiger partial charge in [-0.05, 0) is 54.2 Å². The standard InChI is InChI=1S/C20H21N3O2/c21-13-8-9-14-12(10-13)4-3-7-17(14)23-20(25)16-11-19(24)22-18-6-2-1-5-15(16)18/h1-2,5-6,8-10,16-17H,3-4,7,11,21H2,(H,22,24)(H,23,25). The molecule has 25 heavy (non-hydrogen) atoms. The molecule has 0 saturated carbocycles. The Labute approximate surface area is 146 Å². The minimum Gasteiger partial charge on any atom is -0.399 e. The number of nitrogens with one attached hydrogen (secondary N) is 2. The van der Waals surface area contributed by atoms with Gasteiger partial charge >= 0.3 is 0 Å². The van der Waals surface area contributed by atoms with Crippen LogP contribution in [-0.4, -0.2) is 11.8 Å². The number of benzene rings is 2. The quantitative estimate of drug-likeness (QED) is 0.738. The second kappa shape index (κ2) is 6.24. The molecular formula is C20H21N3O2. The van der Waals surface area contributed by atoms with Crippen molar-refractivity contribution in [2.24, 2.45) is 0 Å². The number of carbonyl (C=O) groups is 2. The van der Waals surface area contributed by atoms with E-state index < -0.39 is 5.92 Å². The number of nitrogen functional groups attached to an aromatic ring is 1. The van der Waals surface area contributed by atoms with Crippen molar-refractivity contribution in [2.45, 2.75) is 37.6 Å². The second-order valence-corrected chi connectivity index (χ2v) is 6.80. The van der Waals surface area contributed by atoms with E-state index in [0.717, 1.165) is 41.8 Å². The lowest BCUT2D eigenvalue weighted by Crippen LogP contribution is -2.38. The Hall–Kier alpha value is -2.82. The van der Waals surface area contributed by atoms with E-state index in [2.05, 4.69) is 10.6 Å². The smallest absolute Gasteiger partial charge is 0.228 e. The SMILES string of the molecule is Nc1ccc2c(c1)CCCC2NC(=O)C1CC(=O)Nc2ccccc21. The number of carbonyl (C=O) groups excluding carboxylic acids is 2. The number of amides is 2. The van der Waals surface area contributed by atoms with E-state index in [1.165, 1.54) is 5.56 Å². The molecule has 2 amide bonds. The highest BCUT2D eigenvalue weighted by Crippen LogP contribution is 2.35. The first-order chi connectivity index (χ1) is 12.1. The number of fused-ring (bicyclic) bond motifs is 2. The van der Waals surface area contributed by atoms with Crippen molar-refractivity contribution in [3.63, 3.8) is 0 Å². The molecule has 2 unspecified atom stereocenters. The van der Waals surface area contributed by atoms with Gasteiger partial charge < -0.3 is 16.4 Å². The Kier molecular flexibility index (Phi) is 3.92. The molecule has 5 nitrogen and oxygen atoms in total. The van der Waals surface area contributed by atoms with Gasteiger partial charge in [-0.25, -0.2) is 0 Å². The molecule has 0 spiro atoms. The molecule has 1 aliphatic heterocycles. The summed E-state index contributed by atoms with van der Waals surface area (Å²) in [7, 11) is 0. The average Bonchev–Trinajstić information content (AvgIpc) is 2.60. The van der Waals surface area contributed by atoms with Crippen LogP contribution in [-0.2, 0) is 16.0 Å². The van der Waals surface area contributed by atoms with Gasteiger partial charge in [-0.3, -0.25) is 9.59 Å². The molecule has 0 aromatic heterocycles. The molecule has 4 N–H and O–H groups in total. The Bertz CT molecular complexity index is 847. The summed E-state index contributed by atoms with van der Waals surface area (Å²) >= 11 is 0. The summed E-state index contributed by atoms with van der Waals surface area (Å²) in [5.74, 6) is -0.642. The predicted octanol–water partition coefficient (Wildman–Crippen LogP) is 2.89. The fraction of sp³-hybridized carbons (Fsp3) is 0.300. The average molecular weight is 335 g/mol. The second-order valence-electron chi connectivity index (χ2n) is 6.80. The first-order valence-electron chi connectivity index (χ1n) is 8.69. The van der Waals surface area contributed by atoms with Crippen molar-refractivity contribution in [3.05, 3.63) is 59.2 Å². The van der Waals surface area contributed by atoms with Crippen LogP contribution in [0.2, 0.25) is 0 Å². The van der Waals surface area contributed by atoms with Crippen LogP contribution in [0.5, 0.6) is 0 Å². The van der Waals surface area contributed by atoms with E-state index in [0.29, 0.717) is 0 Å². The molecule has 128 valence electrons. The molecule has 4 rings (SSSR count). The van der Waals surface area contributed by atoms with Gasteiger partial charge in [-0.15, -0.1) is 0 Å². The number of nitrogens with two attached hydrogens (primary N) is 1. The monoisotopic (exact) mass is 335 g/mol. The number of hydrogen-bond donors (Lipinski definition) is 3. The highest BCUT2D eigenvalue weighted by Gasteiger charge is 2.32. The zero-order valence-corrected chi connectivity index (χ0v) is 13.9. The fourth-order valence-corrected chi connectivity index (χ4v) is 3.90. The molecule has 2 aromatic carbocycles. The van der Waals surface area contributed by atoms with Crippen LogP contribution >= 0.6 is 0 Å². The van der Waals surface area contributed by atoms with Gasteiger partial charge in [0.1, 0.15) is 0 Å². The number of para-hydroxylation sites is 1. The summed E-state index contributed by atoms with van der Waals surface area (Å²) in [6.45, 7) is 0. The minimum absolute atomic E-state index is 0.0194. The molecule has 0 bridgehead atoms. The molecule has 2 aromatic rings. The lowest BCUT2D eigenvalue weighted by atomic mass is 9.85. The third-order valence-electron chi connectivity index (χ3n) is 5.11. The van der Waals surface area contributed by atoms with Crippen LogP contribution in [0.25, 0.3) is 0 Å². The van der Waals surface area contributed by atoms with Crippen LogP contribution < -0.4 is 16.4 Å². The summed E-state index contributed by atoms with van der Waals surface area (Å²) < 4.78 is 0. The summed E-state index contributed by atoms with van der Waals surface area (Å²) in [5, 5.41) is 6.00. The zero-order chi connectivity index (χ0) is 17.4. The summed E-state index contributed by atoms with van der Waals surface area (Å²) in [4.78, 5) is 24.9. The van der Waals surface area contributed by atoms with Crippen molar-refractivity contribution >= 4 is 23.2 Å². The molecule has 1 heterocycles. The van der Waals surface area contributed by atoms with Gasteiger partial charge in [-0.1, -0.05) is 24.3 Å². The van der Waals surface area contributed by atoms with Gasteiger partial charge in [0.2, 0.25) is 11.8 Å². The zero-order valence-electron chi connectivity index (χ0n) is 13.9. The highest BCUT2D eigenvalue weighted by molar-refractivity contribution is 6.01. The number of anilines is 2. The summed E-state index contributed by atoms with van der Waals surface area (Å²) in [5.41, 5.74) is 10.6. The Morgan fingerprint density at radius 1 is 1.16 bits per heavy atom. The van der Waals surface area contributed by atoms with E-state index in [1.807, 2.05) is 42.5 Å². The fourth-order valence-electron chi connectivity index (χ4n) is 3.90. The van der Waals surface area contributed by atoms with Crippen LogP contribution in [0.15, 0.2) is 42.5 Å². The lowest BCUT2D eigenvalue weighted by molar-refractivity contribution is -0.127. The van der Waals surface area contributed by atoms with E-state index in [-0.39, 0.29) is 24.3 Å². The van der Waals surface area contributed by atoms with Crippen molar-refractivity contribution in [1.82, 2.24) is 5.32 Å². The molecule has 2 atom stereocenters. The van der Waals surface area contributed by atoms with Crippen LogP contribution in [0.3, 0.4) is 0 Å². The Balaban J connectivity index is 1.59. The number of hydrogen-bond acceptors (Lipinski definition) is 3. The van der Waals surface area contributed by atoms with Gasteiger partial charge in [-0.2, -0.15) is 0 Å². The van der Waals surface area contributed by atoms with Crippen LogP contribution in [0.1, 0.15) is 47.9 Å². The summed E-state index contributed by atoms with van der Waals surface area (Å²) in [6.07, 6.45) is 3.10. The number of aryl methyl sites for hydroxylation is 1. The minimum atomic E-state index is -0.441. The van der Waals surface area contributed by atoms with Crippen molar-refractivity contribution < 1.29 is 9.59 Å². The molecule has 0 saturated heterocycles. The third kappa shape index (κ3) is 2.97. The molecule has 2 aliphatic rings. The van der Waals surface area contributed by atoms with E-state index in [9.17, 15) is 9.59 Å². The molecule has 5 heteroatoms. The number of rotatable bonds is 2. The van der Waals surface area contributed by atoms with Gasteiger partial charge in [0.05, 0.1) is 12.0 Å². The van der Waals surface area contributed by atoms with Crippen molar-refractivity contribution in [1.29, 1.82) is 0 Å². The maximum Gasteiger partial charge on any atom is 0.228 e. The molecule has 0 radical (unpaired) electrons. The molecular weight excluding hydrogens is 314 g/mol. The van der Waals surface area contributed by atoms with Gasteiger partial charge in [0.15, 0.2) is 0 Å². The predicted molar refractivity (Wildman–Crippen MR) is 97.1 cm³/mol. The maximum absolute atomic E-state index is 12.9. The lowest BCUT2D eigenvalue weighted by Gasteiger charge is -2.30. The Morgan fingerprint density at radius 2 is 2.00 bits per heavy atom. The van der Waals surface area contributed by atoms with E-state index >= 15 is 0 Å².